The van der Waals surface area contributed by atoms with Gasteiger partial charge in [0.05, 0.1) is 18.1 Å². The maximum Gasteiger partial charge on any atom is 0.433 e. The molecule has 14 heteroatoms. The number of nitrogens with zero attached hydrogens (tertiary/aromatic N) is 4. The number of para-hydroxylation sites is 1. The Morgan fingerprint density at radius 1 is 1.00 bits per heavy atom. The summed E-state index contributed by atoms with van der Waals surface area (Å²) >= 11 is 0. The molecule has 1 aliphatic carbocycles. The molecule has 10 nitrogen and oxygen atoms in total. The van der Waals surface area contributed by atoms with Crippen LogP contribution in [0.5, 0.6) is 11.5 Å². The normalized spacial score (nSPS) is 13.2. The highest BCUT2D eigenvalue weighted by Crippen LogP contribution is 2.33. The van der Waals surface area contributed by atoms with E-state index in [4.69, 9.17) is 4.74 Å². The summed E-state index contributed by atoms with van der Waals surface area (Å²) in [5.74, 6) is -2.02. The first kappa shape index (κ1) is 27.8. The highest BCUT2D eigenvalue weighted by molar-refractivity contribution is 6.05. The smallest absolute Gasteiger partial charge is 0.433 e. The first-order chi connectivity index (χ1) is 20.5. The number of amides is 2. The van der Waals surface area contributed by atoms with Crippen LogP contribution in [0.2, 0.25) is 0 Å². The van der Waals surface area contributed by atoms with Crippen molar-refractivity contribution in [3.05, 3.63) is 100 Å². The molecule has 1 saturated carbocycles. The van der Waals surface area contributed by atoms with Crippen molar-refractivity contribution >= 4 is 29.0 Å². The minimum absolute atomic E-state index is 0.00632. The number of hydrogen-bond donors (Lipinski definition) is 2. The number of aromatic nitrogens is 4. The number of alkyl halides is 3. The van der Waals surface area contributed by atoms with Gasteiger partial charge in [-0.25, -0.2) is 14.1 Å². The molecule has 3 heterocycles. The van der Waals surface area contributed by atoms with Crippen molar-refractivity contribution in [3.8, 4) is 17.2 Å². The SMILES string of the molecule is Cn1c(C(F)(F)F)c(C(=O)Nc2ccc(Oc3ccc4nc(NC(=O)C5CC5)cn4c3)c(F)c2)c(=O)n1-c1ccccc1. The molecule has 0 bridgehead atoms. The number of rotatable bonds is 7. The Kier molecular flexibility index (Phi) is 6.75. The molecule has 0 atom stereocenters. The van der Waals surface area contributed by atoms with E-state index in [0.717, 1.165) is 30.6 Å². The quantitative estimate of drug-likeness (QED) is 0.246. The lowest BCUT2D eigenvalue weighted by atomic mass is 10.2. The Morgan fingerprint density at radius 3 is 2.42 bits per heavy atom. The number of nitrogens with one attached hydrogen (secondary N) is 2. The van der Waals surface area contributed by atoms with E-state index in [1.807, 2.05) is 0 Å². The summed E-state index contributed by atoms with van der Waals surface area (Å²) in [6.07, 6.45) is -0.235. The van der Waals surface area contributed by atoms with Crippen LogP contribution in [0.4, 0.5) is 29.1 Å². The van der Waals surface area contributed by atoms with Gasteiger partial charge in [-0.05, 0) is 49.2 Å². The summed E-state index contributed by atoms with van der Waals surface area (Å²) in [4.78, 5) is 42.4. The Labute approximate surface area is 240 Å². The number of halogens is 4. The van der Waals surface area contributed by atoms with E-state index < -0.39 is 34.7 Å². The molecule has 5 aromatic rings. The van der Waals surface area contributed by atoms with Crippen LogP contribution in [0.15, 0.2) is 77.9 Å². The van der Waals surface area contributed by atoms with Gasteiger partial charge in [0, 0.05) is 24.7 Å². The second-order valence-electron chi connectivity index (χ2n) is 9.92. The zero-order chi connectivity index (χ0) is 30.5. The van der Waals surface area contributed by atoms with Gasteiger partial charge in [-0.15, -0.1) is 0 Å². The van der Waals surface area contributed by atoms with Crippen molar-refractivity contribution in [2.45, 2.75) is 19.0 Å². The monoisotopic (exact) mass is 594 g/mol. The second kappa shape index (κ2) is 10.5. The highest BCUT2D eigenvalue weighted by Gasteiger charge is 2.42. The summed E-state index contributed by atoms with van der Waals surface area (Å²) in [7, 11) is 1.02. The molecule has 3 aromatic heterocycles. The lowest BCUT2D eigenvalue weighted by Gasteiger charge is -2.13. The van der Waals surface area contributed by atoms with E-state index in [-0.39, 0.29) is 34.7 Å². The summed E-state index contributed by atoms with van der Waals surface area (Å²) in [6.45, 7) is 0. The van der Waals surface area contributed by atoms with Gasteiger partial charge in [0.1, 0.15) is 17.0 Å². The Balaban J connectivity index is 1.22. The fourth-order valence-electron chi connectivity index (χ4n) is 4.64. The van der Waals surface area contributed by atoms with Crippen LogP contribution in [0.1, 0.15) is 28.9 Å². The number of ether oxygens (including phenoxy) is 1. The first-order valence-corrected chi connectivity index (χ1v) is 13.0. The Bertz CT molecular complexity index is 1940. The predicted molar refractivity (Wildman–Crippen MR) is 147 cm³/mol. The highest BCUT2D eigenvalue weighted by atomic mass is 19.4. The maximum atomic E-state index is 15.0. The molecule has 0 aliphatic heterocycles. The number of pyridine rings is 1. The molecule has 0 saturated heterocycles. The van der Waals surface area contributed by atoms with Crippen LogP contribution in [0, 0.1) is 11.7 Å². The predicted octanol–water partition coefficient (Wildman–Crippen LogP) is 5.37. The van der Waals surface area contributed by atoms with Crippen LogP contribution in [0.3, 0.4) is 0 Å². The van der Waals surface area contributed by atoms with Crippen LogP contribution >= 0.6 is 0 Å². The molecule has 2 amide bonds. The summed E-state index contributed by atoms with van der Waals surface area (Å²) < 4.78 is 65.4. The fraction of sp³-hybridized carbons (Fsp3) is 0.172. The summed E-state index contributed by atoms with van der Waals surface area (Å²) in [6, 6.07) is 14.0. The van der Waals surface area contributed by atoms with E-state index >= 15 is 0 Å². The number of carbonyl (C=O) groups excluding carboxylic acids is 2. The average Bonchev–Trinajstić information content (AvgIpc) is 3.67. The van der Waals surface area contributed by atoms with Crippen molar-refractivity contribution in [3.63, 3.8) is 0 Å². The number of carbonyl (C=O) groups is 2. The third-order valence-electron chi connectivity index (χ3n) is 6.80. The molecule has 1 fully saturated rings. The van der Waals surface area contributed by atoms with E-state index in [2.05, 4.69) is 15.6 Å². The maximum absolute atomic E-state index is 15.0. The van der Waals surface area contributed by atoms with Gasteiger partial charge in [0.2, 0.25) is 5.91 Å². The average molecular weight is 595 g/mol. The minimum Gasteiger partial charge on any atom is -0.453 e. The Morgan fingerprint density at radius 2 is 1.74 bits per heavy atom. The number of imidazole rings is 1. The van der Waals surface area contributed by atoms with Crippen LogP contribution in [-0.2, 0) is 18.0 Å². The molecule has 0 unspecified atom stereocenters. The van der Waals surface area contributed by atoms with Crippen molar-refractivity contribution in [2.24, 2.45) is 13.0 Å². The van der Waals surface area contributed by atoms with Crippen LogP contribution < -0.4 is 20.9 Å². The lowest BCUT2D eigenvalue weighted by molar-refractivity contribution is -0.144. The third kappa shape index (κ3) is 5.46. The second-order valence-corrected chi connectivity index (χ2v) is 9.92. The van der Waals surface area contributed by atoms with Gasteiger partial charge < -0.3 is 19.8 Å². The van der Waals surface area contributed by atoms with Crippen LogP contribution in [-0.4, -0.2) is 30.6 Å². The zero-order valence-corrected chi connectivity index (χ0v) is 22.4. The van der Waals surface area contributed by atoms with Crippen molar-refractivity contribution in [2.75, 3.05) is 10.6 Å². The molecule has 6 rings (SSSR count). The third-order valence-corrected chi connectivity index (χ3v) is 6.80. The molecule has 0 spiro atoms. The fourth-order valence-corrected chi connectivity index (χ4v) is 4.64. The molecule has 43 heavy (non-hydrogen) atoms. The molecule has 0 radical (unpaired) electrons. The molecular formula is C29H22F4N6O4. The van der Waals surface area contributed by atoms with Gasteiger partial charge in [-0.1, -0.05) is 18.2 Å². The van der Waals surface area contributed by atoms with Crippen molar-refractivity contribution in [1.82, 2.24) is 18.7 Å². The first-order valence-electron chi connectivity index (χ1n) is 13.0. The molecular weight excluding hydrogens is 572 g/mol. The van der Waals surface area contributed by atoms with Crippen molar-refractivity contribution < 1.29 is 31.9 Å². The molecule has 1 aliphatic rings. The topological polar surface area (TPSA) is 112 Å². The lowest BCUT2D eigenvalue weighted by Crippen LogP contribution is -2.26. The molecule has 2 N–H and O–H groups in total. The molecule has 2 aromatic carbocycles. The van der Waals surface area contributed by atoms with Gasteiger partial charge in [0.25, 0.3) is 11.5 Å². The number of hydrogen-bond acceptors (Lipinski definition) is 5. The number of benzene rings is 2. The largest absolute Gasteiger partial charge is 0.453 e. The van der Waals surface area contributed by atoms with E-state index in [1.165, 1.54) is 48.7 Å². The van der Waals surface area contributed by atoms with Gasteiger partial charge in [0.15, 0.2) is 23.1 Å². The Hall–Kier alpha value is -5.40. The molecule has 220 valence electrons. The summed E-state index contributed by atoms with van der Waals surface area (Å²) in [5, 5.41) is 4.92. The van der Waals surface area contributed by atoms with Crippen LogP contribution in [0.25, 0.3) is 11.3 Å². The summed E-state index contributed by atoms with van der Waals surface area (Å²) in [5.41, 5.74) is -3.34. The van der Waals surface area contributed by atoms with Crippen molar-refractivity contribution in [1.29, 1.82) is 0 Å². The number of anilines is 2. The van der Waals surface area contributed by atoms with E-state index in [1.54, 1.807) is 22.7 Å². The van der Waals surface area contributed by atoms with E-state index in [9.17, 15) is 31.9 Å². The van der Waals surface area contributed by atoms with E-state index in [0.29, 0.717) is 16.1 Å². The number of fused-ring (bicyclic) bond motifs is 1. The minimum atomic E-state index is -5.04. The van der Waals surface area contributed by atoms with Gasteiger partial charge >= 0.3 is 6.18 Å². The zero-order valence-electron chi connectivity index (χ0n) is 22.4. The van der Waals surface area contributed by atoms with Gasteiger partial charge in [-0.3, -0.25) is 19.1 Å². The van der Waals surface area contributed by atoms with Gasteiger partial charge in [-0.2, -0.15) is 13.2 Å². The standard InChI is InChI=1S/C29H22F4N6O4/c1-37-25(29(31,32)33)24(28(42)39(37)18-5-3-2-4-6-18)27(41)34-17-9-11-21(20(30)13-17)43-19-10-12-23-35-22(15-38(23)14-19)36-26(40)16-7-8-16/h2-6,9-16H,7-8H2,1H3,(H,34,41)(H,36,40).